The molecule has 1 N–H and O–H groups in total. The first-order valence-corrected chi connectivity index (χ1v) is 8.26. The van der Waals surface area contributed by atoms with Gasteiger partial charge in [0, 0.05) is 0 Å². The molecule has 0 saturated carbocycles. The summed E-state index contributed by atoms with van der Waals surface area (Å²) in [4.78, 5) is -1.31. The molecule has 0 aliphatic heterocycles. The summed E-state index contributed by atoms with van der Waals surface area (Å²) in [7, 11) is -5.32. The van der Waals surface area contributed by atoms with E-state index >= 15 is 0 Å². The molecule has 0 aromatic heterocycles. The van der Waals surface area contributed by atoms with Crippen molar-refractivity contribution in [3.63, 3.8) is 0 Å². The van der Waals surface area contributed by atoms with Crippen molar-refractivity contribution in [2.24, 2.45) is 0 Å². The van der Waals surface area contributed by atoms with Crippen LogP contribution in [0.4, 0.5) is 26.3 Å². The van der Waals surface area contributed by atoms with Crippen LogP contribution in [0, 0.1) is 0 Å². The van der Waals surface area contributed by atoms with Gasteiger partial charge in [-0.05, 0) is 29.0 Å². The predicted octanol–water partition coefficient (Wildman–Crippen LogP) is 5.22. The first kappa shape index (κ1) is 20.8. The van der Waals surface area contributed by atoms with Gasteiger partial charge in [0.25, 0.3) is 10.1 Å². The van der Waals surface area contributed by atoms with E-state index in [0.717, 1.165) is 0 Å². The van der Waals surface area contributed by atoms with E-state index in [1.165, 1.54) is 27.7 Å². The molecule has 0 atom stereocenters. The lowest BCUT2D eigenvalue weighted by Crippen LogP contribution is -2.22. The van der Waals surface area contributed by atoms with Crippen LogP contribution in [0.1, 0.15) is 61.8 Å². The maximum atomic E-state index is 13.2. The Morgan fingerprint density at radius 2 is 1.12 bits per heavy atom. The first-order valence-electron chi connectivity index (χ1n) is 6.82. The lowest BCUT2D eigenvalue weighted by Gasteiger charge is -2.26. The van der Waals surface area contributed by atoms with Crippen LogP contribution in [0.25, 0.3) is 0 Å². The normalized spacial score (nSPS) is 13.9. The van der Waals surface area contributed by atoms with E-state index in [4.69, 9.17) is 0 Å². The Balaban J connectivity index is 4.28. The van der Waals surface area contributed by atoms with Crippen molar-refractivity contribution < 1.29 is 39.3 Å². The van der Waals surface area contributed by atoms with Gasteiger partial charge in [-0.1, -0.05) is 27.7 Å². The zero-order valence-corrected chi connectivity index (χ0v) is 14.0. The van der Waals surface area contributed by atoms with E-state index in [1.54, 1.807) is 0 Å². The molecular weight excluding hydrogens is 362 g/mol. The molecule has 10 heteroatoms. The highest BCUT2D eigenvalue weighted by Gasteiger charge is 2.44. The summed E-state index contributed by atoms with van der Waals surface area (Å²) in [6, 6.07) is -0.0840. The molecule has 138 valence electrons. The molecule has 3 nitrogen and oxygen atoms in total. The van der Waals surface area contributed by atoms with Crippen LogP contribution in [-0.2, 0) is 22.5 Å². The minimum Gasteiger partial charge on any atom is -0.282 e. The smallest absolute Gasteiger partial charge is 0.282 e. The lowest BCUT2D eigenvalue weighted by molar-refractivity contribution is -0.144. The van der Waals surface area contributed by atoms with Crippen LogP contribution in [0.15, 0.2) is 11.0 Å². The van der Waals surface area contributed by atoms with Crippen molar-refractivity contribution in [3.8, 4) is 0 Å². The highest BCUT2D eigenvalue weighted by molar-refractivity contribution is 7.86. The number of rotatable bonds is 3. The molecule has 0 radical (unpaired) electrons. The van der Waals surface area contributed by atoms with Gasteiger partial charge < -0.3 is 0 Å². The zero-order valence-electron chi connectivity index (χ0n) is 13.2. The minimum absolute atomic E-state index is 0.0840. The third-order valence-electron chi connectivity index (χ3n) is 3.38. The predicted molar refractivity (Wildman–Crippen MR) is 74.4 cm³/mol. The van der Waals surface area contributed by atoms with Gasteiger partial charge in [0.05, 0.1) is 11.1 Å². The summed E-state index contributed by atoms with van der Waals surface area (Å²) in [5, 5.41) is 0. The Bertz CT molecular complexity index is 686. The highest BCUT2D eigenvalue weighted by Crippen LogP contribution is 2.47. The molecule has 1 aromatic rings. The summed E-state index contributed by atoms with van der Waals surface area (Å²) in [5.41, 5.74) is -5.19. The second-order valence-electron chi connectivity index (χ2n) is 5.91. The maximum absolute atomic E-state index is 13.2. The molecular formula is C14H16F6O3S. The lowest BCUT2D eigenvalue weighted by atomic mass is 9.87. The standard InChI is InChI=1S/C14H16F6O3S/c1-6(2)10-8(13(15,16)17)5-9(14(18,19)20)11(7(3)4)12(10)24(21,22)23/h5-7H,1-4H3,(H,21,22,23). The van der Waals surface area contributed by atoms with Gasteiger partial charge in [0.15, 0.2) is 0 Å². The first-order chi connectivity index (χ1) is 10.5. The fourth-order valence-electron chi connectivity index (χ4n) is 2.58. The van der Waals surface area contributed by atoms with Gasteiger partial charge in [-0.3, -0.25) is 4.55 Å². The maximum Gasteiger partial charge on any atom is 0.416 e. The van der Waals surface area contributed by atoms with Gasteiger partial charge in [-0.25, -0.2) is 0 Å². The second kappa shape index (κ2) is 6.21. The summed E-state index contributed by atoms with van der Waals surface area (Å²) in [5.74, 6) is -2.17. The number of benzene rings is 1. The van der Waals surface area contributed by atoms with Gasteiger partial charge in [-0.15, -0.1) is 0 Å². The Morgan fingerprint density at radius 1 is 0.833 bits per heavy atom. The number of halogens is 6. The van der Waals surface area contributed by atoms with Crippen molar-refractivity contribution in [2.45, 2.75) is 56.8 Å². The summed E-state index contributed by atoms with van der Waals surface area (Å²) >= 11 is 0. The summed E-state index contributed by atoms with van der Waals surface area (Å²) in [6.07, 6.45) is -10.4. The van der Waals surface area contributed by atoms with Crippen molar-refractivity contribution in [3.05, 3.63) is 28.3 Å². The Hall–Kier alpha value is -1.29. The van der Waals surface area contributed by atoms with E-state index < -0.39 is 61.5 Å². The Kier molecular flexibility index (Phi) is 5.37. The molecule has 0 spiro atoms. The fourth-order valence-corrected chi connectivity index (χ4v) is 3.83. The van der Waals surface area contributed by atoms with Crippen LogP contribution in [0.5, 0.6) is 0 Å². The molecule has 0 amide bonds. The van der Waals surface area contributed by atoms with E-state index in [0.29, 0.717) is 0 Å². The topological polar surface area (TPSA) is 54.4 Å². The van der Waals surface area contributed by atoms with Crippen molar-refractivity contribution in [2.75, 3.05) is 0 Å². The molecule has 0 heterocycles. The van der Waals surface area contributed by atoms with Crippen molar-refractivity contribution in [1.82, 2.24) is 0 Å². The SMILES string of the molecule is CC(C)c1c(C(F)(F)F)cc(C(F)(F)F)c(C(C)C)c1S(=O)(=O)O. The van der Waals surface area contributed by atoms with Gasteiger partial charge >= 0.3 is 12.4 Å². The largest absolute Gasteiger partial charge is 0.416 e. The summed E-state index contributed by atoms with van der Waals surface area (Å²) in [6.45, 7) is 4.82. The minimum atomic E-state index is -5.32. The third kappa shape index (κ3) is 4.02. The van der Waals surface area contributed by atoms with E-state index in [9.17, 15) is 39.3 Å². The Labute approximate surface area is 135 Å². The van der Waals surface area contributed by atoms with Gasteiger partial charge in [-0.2, -0.15) is 34.8 Å². The van der Waals surface area contributed by atoms with E-state index in [-0.39, 0.29) is 6.07 Å². The number of hydrogen-bond acceptors (Lipinski definition) is 2. The third-order valence-corrected chi connectivity index (χ3v) is 4.34. The van der Waals surface area contributed by atoms with Crippen LogP contribution in [0.2, 0.25) is 0 Å². The number of hydrogen-bond donors (Lipinski definition) is 1. The van der Waals surface area contributed by atoms with E-state index in [2.05, 4.69) is 0 Å². The molecule has 1 aromatic carbocycles. The van der Waals surface area contributed by atoms with Crippen LogP contribution >= 0.6 is 0 Å². The second-order valence-corrected chi connectivity index (χ2v) is 7.27. The van der Waals surface area contributed by atoms with Crippen molar-refractivity contribution >= 4 is 10.1 Å². The monoisotopic (exact) mass is 378 g/mol. The van der Waals surface area contributed by atoms with Crippen LogP contribution in [0.3, 0.4) is 0 Å². The molecule has 24 heavy (non-hydrogen) atoms. The quantitative estimate of drug-likeness (QED) is 0.580. The average Bonchev–Trinajstić information content (AvgIpc) is 2.32. The highest BCUT2D eigenvalue weighted by atomic mass is 32.2. The van der Waals surface area contributed by atoms with Crippen LogP contribution < -0.4 is 0 Å². The molecule has 1 rings (SSSR count). The van der Waals surface area contributed by atoms with Crippen LogP contribution in [-0.4, -0.2) is 13.0 Å². The van der Waals surface area contributed by atoms with E-state index in [1.807, 2.05) is 0 Å². The average molecular weight is 378 g/mol. The number of alkyl halides is 6. The molecule has 0 aliphatic carbocycles. The zero-order chi connectivity index (χ0) is 19.2. The van der Waals surface area contributed by atoms with Gasteiger partial charge in [0.1, 0.15) is 4.90 Å². The molecule has 0 bridgehead atoms. The van der Waals surface area contributed by atoms with Crippen molar-refractivity contribution in [1.29, 1.82) is 0 Å². The Morgan fingerprint density at radius 3 is 1.29 bits per heavy atom. The molecule has 0 unspecified atom stereocenters. The fraction of sp³-hybridized carbons (Fsp3) is 0.571. The van der Waals surface area contributed by atoms with Gasteiger partial charge in [0.2, 0.25) is 0 Å². The summed E-state index contributed by atoms with van der Waals surface area (Å²) < 4.78 is 112. The molecule has 0 aliphatic rings. The molecule has 0 fully saturated rings. The molecule has 0 saturated heterocycles.